The minimum absolute atomic E-state index is 0.00228. The van der Waals surface area contributed by atoms with E-state index in [1.54, 1.807) is 6.07 Å². The van der Waals surface area contributed by atoms with Gasteiger partial charge in [0.2, 0.25) is 0 Å². The molecule has 6 rings (SSSR count). The quantitative estimate of drug-likeness (QED) is 0.328. The van der Waals surface area contributed by atoms with Crippen LogP contribution in [-0.2, 0) is 6.54 Å². The lowest BCUT2D eigenvalue weighted by Crippen LogP contribution is -2.20. The second-order valence-corrected chi connectivity index (χ2v) is 9.06. The summed E-state index contributed by atoms with van der Waals surface area (Å²) in [5.41, 5.74) is 9.42. The van der Waals surface area contributed by atoms with Gasteiger partial charge in [0.25, 0.3) is 5.56 Å². The van der Waals surface area contributed by atoms with Gasteiger partial charge in [-0.1, -0.05) is 48.0 Å². The van der Waals surface area contributed by atoms with E-state index in [9.17, 15) is 4.79 Å². The van der Waals surface area contributed by atoms with Crippen molar-refractivity contribution in [2.75, 3.05) is 0 Å². The van der Waals surface area contributed by atoms with E-state index in [-0.39, 0.29) is 11.6 Å². The van der Waals surface area contributed by atoms with E-state index in [2.05, 4.69) is 57.5 Å². The number of benzene rings is 3. The second kappa shape index (κ2) is 8.19. The summed E-state index contributed by atoms with van der Waals surface area (Å²) in [4.78, 5) is 16.4. The van der Waals surface area contributed by atoms with Gasteiger partial charge in [-0.25, -0.2) is 0 Å². The molecule has 1 aliphatic rings. The molecule has 3 heterocycles. The molecule has 0 radical (unpaired) electrons. The average Bonchev–Trinajstić information content (AvgIpc) is 3.51. The van der Waals surface area contributed by atoms with Gasteiger partial charge in [-0.05, 0) is 59.8 Å². The Morgan fingerprint density at radius 2 is 1.88 bits per heavy atom. The van der Waals surface area contributed by atoms with E-state index >= 15 is 0 Å². The molecule has 2 aromatic heterocycles. The Morgan fingerprint density at radius 3 is 2.71 bits per heavy atom. The van der Waals surface area contributed by atoms with Crippen LogP contribution in [0.5, 0.6) is 0 Å². The van der Waals surface area contributed by atoms with Crippen molar-refractivity contribution in [2.24, 2.45) is 5.10 Å². The van der Waals surface area contributed by atoms with Crippen molar-refractivity contribution in [3.8, 4) is 11.1 Å². The molecule has 0 saturated carbocycles. The first-order chi connectivity index (χ1) is 16.6. The number of H-pyrrole nitrogens is 1. The normalized spacial score (nSPS) is 15.6. The first-order valence-electron chi connectivity index (χ1n) is 11.4. The molecule has 0 saturated heterocycles. The van der Waals surface area contributed by atoms with Crippen LogP contribution in [0.25, 0.3) is 32.9 Å². The molecule has 1 unspecified atom stereocenters. The van der Waals surface area contributed by atoms with Gasteiger partial charge in [0, 0.05) is 46.2 Å². The highest BCUT2D eigenvalue weighted by atomic mass is 35.5. The number of fused-ring (bicyclic) bond motifs is 2. The number of hydrazone groups is 1. The molecule has 1 aliphatic heterocycles. The van der Waals surface area contributed by atoms with Gasteiger partial charge in [0.15, 0.2) is 0 Å². The molecule has 2 N–H and O–H groups in total. The second-order valence-electron chi connectivity index (χ2n) is 8.62. The highest BCUT2D eigenvalue weighted by molar-refractivity contribution is 6.31. The van der Waals surface area contributed by atoms with Crippen molar-refractivity contribution in [3.63, 3.8) is 0 Å². The smallest absolute Gasteiger partial charge is 0.258 e. The van der Waals surface area contributed by atoms with Gasteiger partial charge in [0.05, 0.1) is 17.3 Å². The molecule has 0 aliphatic carbocycles. The number of aromatic nitrogens is 2. The Hall–Kier alpha value is -3.83. The molecular formula is C28H23ClN4O. The molecule has 1 atom stereocenters. The molecule has 0 amide bonds. The van der Waals surface area contributed by atoms with E-state index in [1.165, 1.54) is 10.9 Å². The molecule has 34 heavy (non-hydrogen) atoms. The van der Waals surface area contributed by atoms with E-state index in [0.29, 0.717) is 17.0 Å². The molecule has 5 nitrogen and oxygen atoms in total. The minimum atomic E-state index is -0.148. The standard InChI is InChI=1S/C28H23ClN4O/c1-2-33-13-12-19-14-18(8-11-25(19)33)23-16-24(32-31-23)27-26(17-6-4-3-5-7-17)21-15-20(29)9-10-22(21)30-28(27)34/h3-15,23,31H,2,16H2,1H3,(H,30,34). The summed E-state index contributed by atoms with van der Waals surface area (Å²) >= 11 is 6.36. The summed E-state index contributed by atoms with van der Waals surface area (Å²) in [6.07, 6.45) is 2.74. The highest BCUT2D eigenvalue weighted by Crippen LogP contribution is 2.34. The topological polar surface area (TPSA) is 62.2 Å². The van der Waals surface area contributed by atoms with Crippen LogP contribution in [0.2, 0.25) is 5.02 Å². The predicted octanol–water partition coefficient (Wildman–Crippen LogP) is 6.26. The predicted molar refractivity (Wildman–Crippen MR) is 140 cm³/mol. The monoisotopic (exact) mass is 466 g/mol. The van der Waals surface area contributed by atoms with Crippen molar-refractivity contribution >= 4 is 39.1 Å². The van der Waals surface area contributed by atoms with Gasteiger partial charge in [-0.15, -0.1) is 0 Å². The molecule has 3 aromatic carbocycles. The zero-order chi connectivity index (χ0) is 23.2. The summed E-state index contributed by atoms with van der Waals surface area (Å²) in [5.74, 6) is 0. The van der Waals surface area contributed by atoms with Crippen molar-refractivity contribution in [3.05, 3.63) is 105 Å². The molecule has 6 heteroatoms. The van der Waals surface area contributed by atoms with Crippen LogP contribution in [0.3, 0.4) is 0 Å². The van der Waals surface area contributed by atoms with E-state index in [4.69, 9.17) is 11.6 Å². The number of rotatable bonds is 4. The molecule has 0 spiro atoms. The molecular weight excluding hydrogens is 444 g/mol. The van der Waals surface area contributed by atoms with E-state index in [1.807, 2.05) is 42.5 Å². The third kappa shape index (κ3) is 3.40. The summed E-state index contributed by atoms with van der Waals surface area (Å²) in [6.45, 7) is 3.08. The number of hydrogen-bond acceptors (Lipinski definition) is 3. The number of hydrogen-bond donors (Lipinski definition) is 2. The van der Waals surface area contributed by atoms with Crippen LogP contribution in [0.15, 0.2) is 88.9 Å². The molecule has 5 aromatic rings. The lowest BCUT2D eigenvalue weighted by molar-refractivity contribution is 0.620. The maximum Gasteiger partial charge on any atom is 0.258 e. The van der Waals surface area contributed by atoms with Gasteiger partial charge < -0.3 is 15.0 Å². The maximum atomic E-state index is 13.4. The fraction of sp³-hybridized carbons (Fsp3) is 0.143. The lowest BCUT2D eigenvalue weighted by atomic mass is 9.91. The van der Waals surface area contributed by atoms with Crippen LogP contribution in [0.4, 0.5) is 0 Å². The number of aromatic amines is 1. The van der Waals surface area contributed by atoms with Gasteiger partial charge in [-0.3, -0.25) is 4.79 Å². The summed E-state index contributed by atoms with van der Waals surface area (Å²) in [7, 11) is 0. The maximum absolute atomic E-state index is 13.4. The molecule has 168 valence electrons. The van der Waals surface area contributed by atoms with Crippen LogP contribution in [-0.4, -0.2) is 15.3 Å². The van der Waals surface area contributed by atoms with Crippen molar-refractivity contribution < 1.29 is 0 Å². The van der Waals surface area contributed by atoms with Crippen LogP contribution in [0, 0.1) is 0 Å². The van der Waals surface area contributed by atoms with Crippen LogP contribution < -0.4 is 11.0 Å². The third-order valence-electron chi connectivity index (χ3n) is 6.62. The number of halogens is 1. The first-order valence-corrected chi connectivity index (χ1v) is 11.8. The summed E-state index contributed by atoms with van der Waals surface area (Å²) in [5, 5.41) is 7.38. The largest absolute Gasteiger partial charge is 0.348 e. The fourth-order valence-corrected chi connectivity index (χ4v) is 5.12. The zero-order valence-electron chi connectivity index (χ0n) is 18.7. The number of aryl methyl sites for hydroxylation is 1. The number of nitrogens with one attached hydrogen (secondary N) is 2. The van der Waals surface area contributed by atoms with Crippen molar-refractivity contribution in [1.82, 2.24) is 15.0 Å². The molecule has 0 bridgehead atoms. The van der Waals surface area contributed by atoms with Crippen molar-refractivity contribution in [1.29, 1.82) is 0 Å². The third-order valence-corrected chi connectivity index (χ3v) is 6.85. The first kappa shape index (κ1) is 20.8. The lowest BCUT2D eigenvalue weighted by Gasteiger charge is -2.14. The SMILES string of the molecule is CCn1ccc2cc(C3CC(c4c(-c5ccccc5)c5cc(Cl)ccc5[nH]c4=O)=NN3)ccc21. The fourth-order valence-electron chi connectivity index (χ4n) is 4.95. The number of nitrogens with zero attached hydrogens (tertiary/aromatic N) is 2. The highest BCUT2D eigenvalue weighted by Gasteiger charge is 2.27. The Morgan fingerprint density at radius 1 is 1.03 bits per heavy atom. The van der Waals surface area contributed by atoms with Gasteiger partial charge in [0.1, 0.15) is 0 Å². The summed E-state index contributed by atoms with van der Waals surface area (Å²) < 4.78 is 2.23. The zero-order valence-corrected chi connectivity index (χ0v) is 19.4. The van der Waals surface area contributed by atoms with Crippen LogP contribution in [0.1, 0.15) is 30.5 Å². The van der Waals surface area contributed by atoms with Crippen molar-refractivity contribution in [2.45, 2.75) is 25.9 Å². The molecule has 0 fully saturated rings. The summed E-state index contributed by atoms with van der Waals surface area (Å²) in [6, 6.07) is 24.2. The average molecular weight is 467 g/mol. The number of pyridine rings is 1. The minimum Gasteiger partial charge on any atom is -0.348 e. The Balaban J connectivity index is 1.45. The van der Waals surface area contributed by atoms with Gasteiger partial charge >= 0.3 is 0 Å². The van der Waals surface area contributed by atoms with Gasteiger partial charge in [-0.2, -0.15) is 5.10 Å². The Bertz CT molecular complexity index is 1630. The van der Waals surface area contributed by atoms with E-state index < -0.39 is 0 Å². The Labute approximate surface area is 201 Å². The Kier molecular flexibility index (Phi) is 5.00. The van der Waals surface area contributed by atoms with Crippen LogP contribution >= 0.6 is 11.6 Å². The van der Waals surface area contributed by atoms with E-state index in [0.717, 1.165) is 39.8 Å².